The number of oxime groups is 1. The Kier molecular flexibility index (Phi) is 4.46. The fourth-order valence-electron chi connectivity index (χ4n) is 2.29. The average molecular weight is 298 g/mol. The Hall–Kier alpha value is -0.670. The van der Waals surface area contributed by atoms with E-state index in [1.165, 1.54) is 22.3 Å². The largest absolute Gasteiger partial charge is 0.387 e. The molecule has 1 aromatic carbocycles. The molecule has 1 atom stereocenters. The third-order valence-electron chi connectivity index (χ3n) is 3.40. The number of benzene rings is 1. The highest BCUT2D eigenvalue weighted by Crippen LogP contribution is 2.31. The SMILES string of the molecule is Cc1cc(C)c(CSC2=NOC(C)(CCl)C2)c(C)c1. The van der Waals surface area contributed by atoms with E-state index >= 15 is 0 Å². The zero-order valence-electron chi connectivity index (χ0n) is 11.9. The highest BCUT2D eigenvalue weighted by Gasteiger charge is 2.33. The minimum absolute atomic E-state index is 0.318. The van der Waals surface area contributed by atoms with Crippen LogP contribution in [-0.4, -0.2) is 16.5 Å². The van der Waals surface area contributed by atoms with Crippen LogP contribution in [0.2, 0.25) is 0 Å². The molecule has 19 heavy (non-hydrogen) atoms. The second kappa shape index (κ2) is 5.76. The van der Waals surface area contributed by atoms with Crippen molar-refractivity contribution in [3.8, 4) is 0 Å². The average Bonchev–Trinajstić information content (AvgIpc) is 2.71. The van der Waals surface area contributed by atoms with Crippen LogP contribution in [0.3, 0.4) is 0 Å². The van der Waals surface area contributed by atoms with Crippen LogP contribution in [0.1, 0.15) is 35.6 Å². The molecule has 1 heterocycles. The van der Waals surface area contributed by atoms with E-state index in [9.17, 15) is 0 Å². The number of hydrogen-bond donors (Lipinski definition) is 0. The molecular weight excluding hydrogens is 278 g/mol. The van der Waals surface area contributed by atoms with Crippen molar-refractivity contribution in [2.75, 3.05) is 5.88 Å². The first-order valence-corrected chi connectivity index (χ1v) is 7.96. The lowest BCUT2D eigenvalue weighted by molar-refractivity contribution is 0.0152. The zero-order chi connectivity index (χ0) is 14.0. The smallest absolute Gasteiger partial charge is 0.154 e. The molecule has 0 amide bonds. The van der Waals surface area contributed by atoms with Crippen molar-refractivity contribution in [2.45, 2.75) is 45.5 Å². The van der Waals surface area contributed by atoms with Crippen LogP contribution in [0.25, 0.3) is 0 Å². The van der Waals surface area contributed by atoms with E-state index < -0.39 is 0 Å². The number of aryl methyl sites for hydroxylation is 3. The van der Waals surface area contributed by atoms with Gasteiger partial charge in [0.15, 0.2) is 5.60 Å². The Morgan fingerprint density at radius 3 is 2.47 bits per heavy atom. The fourth-order valence-corrected chi connectivity index (χ4v) is 3.69. The predicted octanol–water partition coefficient (Wildman–Crippen LogP) is 4.58. The standard InChI is InChI=1S/C15H20ClNOS/c1-10-5-11(2)13(12(3)6-10)8-19-14-7-15(4,9-16)18-17-14/h5-6H,7-9H2,1-4H3. The van der Waals surface area contributed by atoms with Crippen LogP contribution in [-0.2, 0) is 10.6 Å². The molecule has 0 fully saturated rings. The van der Waals surface area contributed by atoms with E-state index in [-0.39, 0.29) is 5.60 Å². The predicted molar refractivity (Wildman–Crippen MR) is 84.2 cm³/mol. The minimum atomic E-state index is -0.318. The van der Waals surface area contributed by atoms with Gasteiger partial charge in [-0.15, -0.1) is 23.4 Å². The highest BCUT2D eigenvalue weighted by molar-refractivity contribution is 8.13. The lowest BCUT2D eigenvalue weighted by atomic mass is 10.0. The van der Waals surface area contributed by atoms with Crippen LogP contribution in [0.4, 0.5) is 0 Å². The number of alkyl halides is 1. The monoisotopic (exact) mass is 297 g/mol. The van der Waals surface area contributed by atoms with Crippen LogP contribution < -0.4 is 0 Å². The molecular formula is C15H20ClNOS. The molecule has 4 heteroatoms. The molecule has 1 aliphatic heterocycles. The van der Waals surface area contributed by atoms with Crippen molar-refractivity contribution in [3.05, 3.63) is 34.4 Å². The van der Waals surface area contributed by atoms with Crippen molar-refractivity contribution < 1.29 is 4.84 Å². The number of halogens is 1. The molecule has 0 bridgehead atoms. The van der Waals surface area contributed by atoms with Crippen molar-refractivity contribution >= 4 is 28.4 Å². The summed E-state index contributed by atoms with van der Waals surface area (Å²) < 4.78 is 0. The van der Waals surface area contributed by atoms with Gasteiger partial charge in [-0.05, 0) is 44.4 Å². The van der Waals surface area contributed by atoms with Crippen molar-refractivity contribution in [1.29, 1.82) is 0 Å². The summed E-state index contributed by atoms with van der Waals surface area (Å²) in [4.78, 5) is 5.41. The molecule has 2 rings (SSSR count). The first kappa shape index (κ1) is 14.7. The maximum atomic E-state index is 5.89. The molecule has 0 N–H and O–H groups in total. The van der Waals surface area contributed by atoms with E-state index in [1.807, 2.05) is 6.92 Å². The topological polar surface area (TPSA) is 21.6 Å². The Balaban J connectivity index is 2.01. The number of nitrogens with zero attached hydrogens (tertiary/aromatic N) is 1. The van der Waals surface area contributed by atoms with Crippen LogP contribution in [0.5, 0.6) is 0 Å². The summed E-state index contributed by atoms with van der Waals surface area (Å²) in [6.07, 6.45) is 0.811. The first-order chi connectivity index (χ1) is 8.93. The molecule has 1 unspecified atom stereocenters. The van der Waals surface area contributed by atoms with Crippen molar-refractivity contribution in [3.63, 3.8) is 0 Å². The van der Waals surface area contributed by atoms with Crippen molar-refractivity contribution in [1.82, 2.24) is 0 Å². The molecule has 0 aliphatic carbocycles. The summed E-state index contributed by atoms with van der Waals surface area (Å²) in [5.41, 5.74) is 5.10. The summed E-state index contributed by atoms with van der Waals surface area (Å²) >= 11 is 7.65. The van der Waals surface area contributed by atoms with Crippen molar-refractivity contribution in [2.24, 2.45) is 5.16 Å². The maximum absolute atomic E-state index is 5.89. The zero-order valence-corrected chi connectivity index (χ0v) is 13.5. The van der Waals surface area contributed by atoms with Gasteiger partial charge in [0, 0.05) is 12.2 Å². The van der Waals surface area contributed by atoms with Gasteiger partial charge in [-0.3, -0.25) is 0 Å². The molecule has 0 radical (unpaired) electrons. The molecule has 0 saturated heterocycles. The van der Waals surface area contributed by atoms with Gasteiger partial charge in [0.2, 0.25) is 0 Å². The summed E-state index contributed by atoms with van der Waals surface area (Å²) in [6.45, 7) is 8.48. The van der Waals surface area contributed by atoms with Gasteiger partial charge in [-0.1, -0.05) is 22.9 Å². The van der Waals surface area contributed by atoms with E-state index in [0.29, 0.717) is 5.88 Å². The van der Waals surface area contributed by atoms with Gasteiger partial charge in [0.05, 0.1) is 5.88 Å². The molecule has 1 aliphatic rings. The molecule has 0 saturated carbocycles. The summed E-state index contributed by atoms with van der Waals surface area (Å²) in [5, 5.41) is 5.19. The van der Waals surface area contributed by atoms with Gasteiger partial charge >= 0.3 is 0 Å². The maximum Gasteiger partial charge on any atom is 0.154 e. The van der Waals surface area contributed by atoms with E-state index in [1.54, 1.807) is 11.8 Å². The van der Waals surface area contributed by atoms with Gasteiger partial charge in [-0.2, -0.15) is 0 Å². The third-order valence-corrected chi connectivity index (χ3v) is 4.95. The van der Waals surface area contributed by atoms with Gasteiger partial charge in [0.1, 0.15) is 5.04 Å². The fraction of sp³-hybridized carbons (Fsp3) is 0.533. The Morgan fingerprint density at radius 2 is 1.95 bits per heavy atom. The molecule has 104 valence electrons. The van der Waals surface area contributed by atoms with Crippen LogP contribution in [0, 0.1) is 20.8 Å². The summed E-state index contributed by atoms with van der Waals surface area (Å²) in [6, 6.07) is 4.47. The van der Waals surface area contributed by atoms with Gasteiger partial charge in [0.25, 0.3) is 0 Å². The molecule has 0 aromatic heterocycles. The van der Waals surface area contributed by atoms with E-state index in [4.69, 9.17) is 16.4 Å². The number of hydrogen-bond acceptors (Lipinski definition) is 3. The van der Waals surface area contributed by atoms with E-state index in [0.717, 1.165) is 17.2 Å². The molecule has 2 nitrogen and oxygen atoms in total. The van der Waals surface area contributed by atoms with E-state index in [2.05, 4.69) is 38.1 Å². The lowest BCUT2D eigenvalue weighted by Gasteiger charge is -2.16. The first-order valence-electron chi connectivity index (χ1n) is 6.44. The second-order valence-electron chi connectivity index (χ2n) is 5.50. The Labute approximate surface area is 124 Å². The Bertz CT molecular complexity index is 492. The molecule has 1 aromatic rings. The van der Waals surface area contributed by atoms with Crippen LogP contribution in [0.15, 0.2) is 17.3 Å². The van der Waals surface area contributed by atoms with Crippen LogP contribution >= 0.6 is 23.4 Å². The summed E-state index contributed by atoms with van der Waals surface area (Å²) in [7, 11) is 0. The number of rotatable bonds is 3. The van der Waals surface area contributed by atoms with Gasteiger partial charge in [-0.25, -0.2) is 0 Å². The quantitative estimate of drug-likeness (QED) is 0.762. The highest BCUT2D eigenvalue weighted by atomic mass is 35.5. The Morgan fingerprint density at radius 1 is 1.32 bits per heavy atom. The molecule has 0 spiro atoms. The number of thioether (sulfide) groups is 1. The third kappa shape index (κ3) is 3.46. The normalized spacial score (nSPS) is 22.3. The van der Waals surface area contributed by atoms with Gasteiger partial charge < -0.3 is 4.84 Å². The minimum Gasteiger partial charge on any atom is -0.387 e. The second-order valence-corrected chi connectivity index (χ2v) is 6.82. The summed E-state index contributed by atoms with van der Waals surface area (Å²) in [5.74, 6) is 1.42. The lowest BCUT2D eigenvalue weighted by Crippen LogP contribution is -2.26.